The summed E-state index contributed by atoms with van der Waals surface area (Å²) in [7, 11) is -0.204. The van der Waals surface area contributed by atoms with E-state index in [1.807, 2.05) is 0 Å². The molecule has 6 nitrogen and oxygen atoms in total. The summed E-state index contributed by atoms with van der Waals surface area (Å²) in [5, 5.41) is 2.52. The molecule has 1 aliphatic rings. The molecule has 25 heavy (non-hydrogen) atoms. The molecule has 1 heterocycles. The van der Waals surface area contributed by atoms with Gasteiger partial charge in [-0.3, -0.25) is 4.79 Å². The van der Waals surface area contributed by atoms with E-state index in [1.54, 1.807) is 6.92 Å². The number of carbonyl (C=O) groups is 1. The Balaban J connectivity index is 2.02. The number of anilines is 2. The van der Waals surface area contributed by atoms with Gasteiger partial charge in [0.2, 0.25) is 15.9 Å². The minimum Gasteiger partial charge on any atom is -0.373 e. The highest BCUT2D eigenvalue weighted by atomic mass is 32.2. The molecule has 9 heteroatoms. The fraction of sp³-hybridized carbons (Fsp3) is 0.562. The van der Waals surface area contributed by atoms with Crippen molar-refractivity contribution in [1.29, 1.82) is 0 Å². The normalized spacial score (nSPS) is 16.7. The molecule has 0 aromatic heterocycles. The largest absolute Gasteiger partial charge is 0.373 e. The molecule has 0 spiro atoms. The highest BCUT2D eigenvalue weighted by Crippen LogP contribution is 2.27. The molecule has 0 unspecified atom stereocenters. The minimum absolute atomic E-state index is 0.0284. The maximum Gasteiger partial charge on any atom is 0.227 e. The van der Waals surface area contributed by atoms with Crippen LogP contribution in [0.5, 0.6) is 0 Å². The molecule has 1 N–H and O–H groups in total. The number of carbonyl (C=O) groups excluding carboxylic acids is 1. The van der Waals surface area contributed by atoms with Gasteiger partial charge >= 0.3 is 0 Å². The van der Waals surface area contributed by atoms with Crippen molar-refractivity contribution in [2.45, 2.75) is 19.8 Å². The second-order valence-electron chi connectivity index (χ2n) is 6.25. The van der Waals surface area contributed by atoms with E-state index in [-0.39, 0.29) is 42.0 Å². The van der Waals surface area contributed by atoms with Crippen LogP contribution in [0.15, 0.2) is 12.1 Å². The van der Waals surface area contributed by atoms with Crippen LogP contribution < -0.4 is 10.2 Å². The van der Waals surface area contributed by atoms with Crippen molar-refractivity contribution in [3.63, 3.8) is 0 Å². The number of nitrogens with one attached hydrogen (secondary N) is 1. The molecule has 1 saturated heterocycles. The molecule has 1 amide bonds. The van der Waals surface area contributed by atoms with E-state index < -0.39 is 21.7 Å². The Kier molecular flexibility index (Phi) is 5.99. The molecule has 1 aromatic carbocycles. The molecular formula is C16H23F2N3O3S. The smallest absolute Gasteiger partial charge is 0.227 e. The second kappa shape index (κ2) is 7.65. The van der Waals surface area contributed by atoms with E-state index in [1.165, 1.54) is 23.3 Å². The van der Waals surface area contributed by atoms with Gasteiger partial charge in [0.05, 0.1) is 5.75 Å². The molecule has 1 fully saturated rings. The third kappa shape index (κ3) is 4.46. The molecule has 1 aromatic rings. The standard InChI is InChI=1S/C16H23F2N3O3S/c1-4-25(23,24)21-7-5-11(6-8-21)16(22)19-12-9-13(17)15(20(2)3)14(18)10-12/h9-11H,4-8H2,1-3H3,(H,19,22). The maximum atomic E-state index is 14.0. The first kappa shape index (κ1) is 19.6. The van der Waals surface area contributed by atoms with Crippen LogP contribution in [0.4, 0.5) is 20.2 Å². The van der Waals surface area contributed by atoms with Crippen molar-refractivity contribution >= 4 is 27.3 Å². The van der Waals surface area contributed by atoms with Crippen LogP contribution in [-0.4, -0.2) is 51.6 Å². The molecule has 0 bridgehead atoms. The molecule has 1 aliphatic heterocycles. The average molecular weight is 375 g/mol. The summed E-state index contributed by atoms with van der Waals surface area (Å²) in [6.45, 7) is 2.13. The number of hydrogen-bond acceptors (Lipinski definition) is 4. The maximum absolute atomic E-state index is 14.0. The first-order chi connectivity index (χ1) is 11.7. The van der Waals surface area contributed by atoms with Crippen molar-refractivity contribution in [2.75, 3.05) is 43.2 Å². The highest BCUT2D eigenvalue weighted by molar-refractivity contribution is 7.89. The van der Waals surface area contributed by atoms with Gasteiger partial charge in [-0.1, -0.05) is 0 Å². The molecule has 0 saturated carbocycles. The van der Waals surface area contributed by atoms with Gasteiger partial charge in [-0.25, -0.2) is 21.5 Å². The van der Waals surface area contributed by atoms with Crippen LogP contribution in [0.1, 0.15) is 19.8 Å². The Hall–Kier alpha value is -1.74. The van der Waals surface area contributed by atoms with E-state index in [9.17, 15) is 22.0 Å². The second-order valence-corrected chi connectivity index (χ2v) is 8.50. The van der Waals surface area contributed by atoms with Gasteiger partial charge < -0.3 is 10.2 Å². The SMILES string of the molecule is CCS(=O)(=O)N1CCC(C(=O)Nc2cc(F)c(N(C)C)c(F)c2)CC1. The van der Waals surface area contributed by atoms with Gasteiger partial charge in [0.25, 0.3) is 0 Å². The van der Waals surface area contributed by atoms with Gasteiger partial charge in [-0.15, -0.1) is 0 Å². The summed E-state index contributed by atoms with van der Waals surface area (Å²) in [6, 6.07) is 2.15. The Morgan fingerprint density at radius 2 is 1.76 bits per heavy atom. The van der Waals surface area contributed by atoms with Gasteiger partial charge in [0.15, 0.2) is 11.6 Å². The number of amides is 1. The van der Waals surface area contributed by atoms with Crippen LogP contribution in [0, 0.1) is 17.6 Å². The van der Waals surface area contributed by atoms with Crippen LogP contribution in [0.25, 0.3) is 0 Å². The number of hydrogen-bond donors (Lipinski definition) is 1. The monoisotopic (exact) mass is 375 g/mol. The van der Waals surface area contributed by atoms with Gasteiger partial charge in [-0.05, 0) is 31.9 Å². The number of nitrogens with zero attached hydrogens (tertiary/aromatic N) is 2. The third-order valence-corrected chi connectivity index (χ3v) is 6.20. The summed E-state index contributed by atoms with van der Waals surface area (Å²) in [5.41, 5.74) is -0.120. The van der Waals surface area contributed by atoms with Gasteiger partial charge in [-0.2, -0.15) is 0 Å². The molecular weight excluding hydrogens is 352 g/mol. The van der Waals surface area contributed by atoms with Crippen LogP contribution in [-0.2, 0) is 14.8 Å². The fourth-order valence-corrected chi connectivity index (χ4v) is 4.02. The van der Waals surface area contributed by atoms with E-state index >= 15 is 0 Å². The number of halogens is 2. The lowest BCUT2D eigenvalue weighted by atomic mass is 9.97. The molecule has 0 atom stereocenters. The Bertz CT molecular complexity index is 722. The van der Waals surface area contributed by atoms with E-state index in [0.29, 0.717) is 12.8 Å². The van der Waals surface area contributed by atoms with Crippen LogP contribution >= 0.6 is 0 Å². The minimum atomic E-state index is -3.26. The topological polar surface area (TPSA) is 69.7 Å². The Morgan fingerprint density at radius 1 is 1.24 bits per heavy atom. The molecule has 2 rings (SSSR count). The zero-order valence-electron chi connectivity index (χ0n) is 14.6. The summed E-state index contributed by atoms with van der Waals surface area (Å²) in [6.07, 6.45) is 0.762. The predicted molar refractivity (Wildman–Crippen MR) is 93.1 cm³/mol. The fourth-order valence-electron chi connectivity index (χ4n) is 2.89. The predicted octanol–water partition coefficient (Wildman–Crippen LogP) is 2.03. The van der Waals surface area contributed by atoms with Crippen molar-refractivity contribution in [2.24, 2.45) is 5.92 Å². The Morgan fingerprint density at radius 3 is 2.20 bits per heavy atom. The zero-order chi connectivity index (χ0) is 18.8. The number of piperidine rings is 1. The zero-order valence-corrected chi connectivity index (χ0v) is 15.4. The van der Waals surface area contributed by atoms with Gasteiger partial charge in [0, 0.05) is 38.8 Å². The number of rotatable bonds is 5. The lowest BCUT2D eigenvalue weighted by molar-refractivity contribution is -0.120. The average Bonchev–Trinajstić information content (AvgIpc) is 2.53. The summed E-state index contributed by atoms with van der Waals surface area (Å²) in [5.74, 6) is -2.23. The van der Waals surface area contributed by atoms with E-state index in [2.05, 4.69) is 5.32 Å². The lowest BCUT2D eigenvalue weighted by Crippen LogP contribution is -2.42. The lowest BCUT2D eigenvalue weighted by Gasteiger charge is -2.30. The van der Waals surface area contributed by atoms with Gasteiger partial charge in [0.1, 0.15) is 5.69 Å². The van der Waals surface area contributed by atoms with E-state index in [4.69, 9.17) is 0 Å². The summed E-state index contributed by atoms with van der Waals surface area (Å²) >= 11 is 0. The molecule has 140 valence electrons. The number of sulfonamides is 1. The van der Waals surface area contributed by atoms with Crippen LogP contribution in [0.2, 0.25) is 0 Å². The third-order valence-electron chi connectivity index (χ3n) is 4.31. The quantitative estimate of drug-likeness (QED) is 0.855. The van der Waals surface area contributed by atoms with Crippen molar-refractivity contribution in [3.05, 3.63) is 23.8 Å². The number of benzene rings is 1. The first-order valence-electron chi connectivity index (χ1n) is 8.10. The van der Waals surface area contributed by atoms with Crippen molar-refractivity contribution in [3.8, 4) is 0 Å². The Labute approximate surface area is 146 Å². The van der Waals surface area contributed by atoms with E-state index in [0.717, 1.165) is 12.1 Å². The molecule has 0 aliphatic carbocycles. The summed E-state index contributed by atoms with van der Waals surface area (Å²) < 4.78 is 53.0. The first-order valence-corrected chi connectivity index (χ1v) is 9.71. The molecule has 0 radical (unpaired) electrons. The summed E-state index contributed by atoms with van der Waals surface area (Å²) in [4.78, 5) is 13.6. The highest BCUT2D eigenvalue weighted by Gasteiger charge is 2.30. The van der Waals surface area contributed by atoms with Crippen molar-refractivity contribution < 1.29 is 22.0 Å². The van der Waals surface area contributed by atoms with Crippen molar-refractivity contribution in [1.82, 2.24) is 4.31 Å². The van der Waals surface area contributed by atoms with Crippen LogP contribution in [0.3, 0.4) is 0 Å².